The number of nitrogens with zero attached hydrogens (tertiary/aromatic N) is 1. The first-order valence-corrected chi connectivity index (χ1v) is 6.32. The predicted octanol–water partition coefficient (Wildman–Crippen LogP) is 2.48. The van der Waals surface area contributed by atoms with Gasteiger partial charge in [-0.3, -0.25) is 4.90 Å². The van der Waals surface area contributed by atoms with Crippen LogP contribution < -0.4 is 5.73 Å². The summed E-state index contributed by atoms with van der Waals surface area (Å²) < 4.78 is 0. The topological polar surface area (TPSA) is 29.3 Å². The Kier molecular flexibility index (Phi) is 3.97. The fourth-order valence-electron chi connectivity index (χ4n) is 2.71. The van der Waals surface area contributed by atoms with Gasteiger partial charge in [0.25, 0.3) is 0 Å². The van der Waals surface area contributed by atoms with E-state index in [9.17, 15) is 0 Å². The van der Waals surface area contributed by atoms with E-state index >= 15 is 0 Å². The second kappa shape index (κ2) is 5.46. The zero-order valence-corrected chi connectivity index (χ0v) is 10.2. The molecule has 0 saturated carbocycles. The number of rotatable bonds is 4. The maximum atomic E-state index is 5.76. The van der Waals surface area contributed by atoms with Gasteiger partial charge < -0.3 is 5.73 Å². The lowest BCUT2D eigenvalue weighted by Gasteiger charge is -2.28. The second-order valence-corrected chi connectivity index (χ2v) is 4.69. The van der Waals surface area contributed by atoms with Crippen LogP contribution in [-0.2, 0) is 0 Å². The molecule has 0 amide bonds. The van der Waals surface area contributed by atoms with Crippen LogP contribution in [0.5, 0.6) is 0 Å². The van der Waals surface area contributed by atoms with Gasteiger partial charge in [0.05, 0.1) is 0 Å². The number of hydrogen-bond donors (Lipinski definition) is 1. The smallest absolute Gasteiger partial charge is 0.0362 e. The zero-order chi connectivity index (χ0) is 11.4. The van der Waals surface area contributed by atoms with Gasteiger partial charge >= 0.3 is 0 Å². The molecule has 0 bridgehead atoms. The number of aryl methyl sites for hydroxylation is 1. The number of benzene rings is 1. The van der Waals surface area contributed by atoms with Crippen LogP contribution in [0.2, 0.25) is 0 Å². The Labute approximate surface area is 98.4 Å². The third kappa shape index (κ3) is 2.45. The van der Waals surface area contributed by atoms with Crippen molar-refractivity contribution in [3.05, 3.63) is 35.4 Å². The molecule has 1 aliphatic rings. The molecule has 1 aliphatic heterocycles. The lowest BCUT2D eigenvalue weighted by molar-refractivity contribution is 0.235. The van der Waals surface area contributed by atoms with Crippen LogP contribution in [0, 0.1) is 6.92 Å². The van der Waals surface area contributed by atoms with Gasteiger partial charge in [0, 0.05) is 6.04 Å². The van der Waals surface area contributed by atoms with E-state index < -0.39 is 0 Å². The molecule has 88 valence electrons. The van der Waals surface area contributed by atoms with Crippen molar-refractivity contribution in [3.8, 4) is 0 Å². The third-order valence-corrected chi connectivity index (χ3v) is 3.57. The standard InChI is InChI=1S/C14H22N2/c1-12-6-2-3-7-13(12)14(8-9-15)16-10-4-5-11-16/h2-3,6-7,14H,4-5,8-11,15H2,1H3. The molecule has 1 unspecified atom stereocenters. The molecule has 1 aromatic carbocycles. The average molecular weight is 218 g/mol. The molecule has 1 fully saturated rings. The van der Waals surface area contributed by atoms with E-state index in [0.717, 1.165) is 13.0 Å². The molecule has 0 spiro atoms. The van der Waals surface area contributed by atoms with Crippen LogP contribution >= 0.6 is 0 Å². The summed E-state index contributed by atoms with van der Waals surface area (Å²) in [6.45, 7) is 5.45. The average Bonchev–Trinajstić information content (AvgIpc) is 2.80. The van der Waals surface area contributed by atoms with Crippen molar-refractivity contribution in [2.75, 3.05) is 19.6 Å². The van der Waals surface area contributed by atoms with E-state index in [-0.39, 0.29) is 0 Å². The van der Waals surface area contributed by atoms with Crippen LogP contribution in [0.15, 0.2) is 24.3 Å². The maximum Gasteiger partial charge on any atom is 0.0362 e. The molecule has 1 saturated heterocycles. The minimum Gasteiger partial charge on any atom is -0.330 e. The fourth-order valence-corrected chi connectivity index (χ4v) is 2.71. The van der Waals surface area contributed by atoms with Gasteiger partial charge in [-0.05, 0) is 56.9 Å². The molecular formula is C14H22N2. The van der Waals surface area contributed by atoms with Gasteiger partial charge in [-0.25, -0.2) is 0 Å². The molecule has 2 N–H and O–H groups in total. The normalized spacial score (nSPS) is 18.9. The summed E-state index contributed by atoms with van der Waals surface area (Å²) in [5.74, 6) is 0. The van der Waals surface area contributed by atoms with Crippen LogP contribution in [0.4, 0.5) is 0 Å². The SMILES string of the molecule is Cc1ccccc1C(CCN)N1CCCC1. The highest BCUT2D eigenvalue weighted by Gasteiger charge is 2.23. The molecule has 2 heteroatoms. The van der Waals surface area contributed by atoms with Crippen LogP contribution in [0.3, 0.4) is 0 Å². The Balaban J connectivity index is 2.21. The highest BCUT2D eigenvalue weighted by atomic mass is 15.2. The lowest BCUT2D eigenvalue weighted by atomic mass is 9.97. The first-order valence-electron chi connectivity index (χ1n) is 6.32. The van der Waals surface area contributed by atoms with Crippen LogP contribution in [0.1, 0.15) is 36.4 Å². The minimum atomic E-state index is 0.536. The van der Waals surface area contributed by atoms with E-state index in [1.807, 2.05) is 0 Å². The Bertz CT molecular complexity index is 329. The highest BCUT2D eigenvalue weighted by molar-refractivity contribution is 5.29. The van der Waals surface area contributed by atoms with Gasteiger partial charge in [0.2, 0.25) is 0 Å². The van der Waals surface area contributed by atoms with Crippen LogP contribution in [-0.4, -0.2) is 24.5 Å². The first-order chi connectivity index (χ1) is 7.83. The Morgan fingerprint density at radius 3 is 2.56 bits per heavy atom. The summed E-state index contributed by atoms with van der Waals surface area (Å²) in [5, 5.41) is 0. The fraction of sp³-hybridized carbons (Fsp3) is 0.571. The molecule has 0 aromatic heterocycles. The molecule has 0 aliphatic carbocycles. The third-order valence-electron chi connectivity index (χ3n) is 3.57. The number of nitrogens with two attached hydrogens (primary N) is 1. The lowest BCUT2D eigenvalue weighted by Crippen LogP contribution is -2.28. The molecule has 1 aromatic rings. The minimum absolute atomic E-state index is 0.536. The summed E-state index contributed by atoms with van der Waals surface area (Å²) in [6.07, 6.45) is 3.75. The summed E-state index contributed by atoms with van der Waals surface area (Å²) in [7, 11) is 0. The monoisotopic (exact) mass is 218 g/mol. The van der Waals surface area contributed by atoms with Gasteiger partial charge in [0.1, 0.15) is 0 Å². The molecule has 2 nitrogen and oxygen atoms in total. The van der Waals surface area contributed by atoms with Gasteiger partial charge in [-0.1, -0.05) is 24.3 Å². The first kappa shape index (κ1) is 11.6. The maximum absolute atomic E-state index is 5.76. The molecule has 1 heterocycles. The van der Waals surface area contributed by atoms with Gasteiger partial charge in [0.15, 0.2) is 0 Å². The quantitative estimate of drug-likeness (QED) is 0.841. The van der Waals surface area contributed by atoms with E-state index in [2.05, 4.69) is 36.1 Å². The Hall–Kier alpha value is -0.860. The Morgan fingerprint density at radius 2 is 1.94 bits per heavy atom. The van der Waals surface area contributed by atoms with E-state index in [4.69, 9.17) is 5.73 Å². The van der Waals surface area contributed by atoms with Crippen molar-refractivity contribution in [3.63, 3.8) is 0 Å². The summed E-state index contributed by atoms with van der Waals surface area (Å²) in [5.41, 5.74) is 8.62. The van der Waals surface area contributed by atoms with Crippen molar-refractivity contribution >= 4 is 0 Å². The van der Waals surface area contributed by atoms with Crippen molar-refractivity contribution in [2.45, 2.75) is 32.2 Å². The van der Waals surface area contributed by atoms with E-state index in [1.54, 1.807) is 0 Å². The van der Waals surface area contributed by atoms with Gasteiger partial charge in [-0.2, -0.15) is 0 Å². The Morgan fingerprint density at radius 1 is 1.25 bits per heavy atom. The van der Waals surface area contributed by atoms with Crippen molar-refractivity contribution in [2.24, 2.45) is 5.73 Å². The second-order valence-electron chi connectivity index (χ2n) is 4.69. The number of hydrogen-bond acceptors (Lipinski definition) is 2. The predicted molar refractivity (Wildman–Crippen MR) is 68.4 cm³/mol. The molecule has 1 atom stereocenters. The van der Waals surface area contributed by atoms with Crippen molar-refractivity contribution in [1.29, 1.82) is 0 Å². The zero-order valence-electron chi connectivity index (χ0n) is 10.2. The van der Waals surface area contributed by atoms with Crippen molar-refractivity contribution in [1.82, 2.24) is 4.90 Å². The number of likely N-dealkylation sites (tertiary alicyclic amines) is 1. The molecule has 0 radical (unpaired) electrons. The molecular weight excluding hydrogens is 196 g/mol. The van der Waals surface area contributed by atoms with Crippen LogP contribution in [0.25, 0.3) is 0 Å². The molecule has 2 rings (SSSR count). The van der Waals surface area contributed by atoms with Gasteiger partial charge in [-0.15, -0.1) is 0 Å². The summed E-state index contributed by atoms with van der Waals surface area (Å²) in [6, 6.07) is 9.25. The van der Waals surface area contributed by atoms with E-state index in [1.165, 1.54) is 37.1 Å². The summed E-state index contributed by atoms with van der Waals surface area (Å²) >= 11 is 0. The molecule has 16 heavy (non-hydrogen) atoms. The van der Waals surface area contributed by atoms with E-state index in [0.29, 0.717) is 6.04 Å². The largest absolute Gasteiger partial charge is 0.330 e. The highest BCUT2D eigenvalue weighted by Crippen LogP contribution is 2.29. The van der Waals surface area contributed by atoms with Crippen molar-refractivity contribution < 1.29 is 0 Å². The summed E-state index contributed by atoms with van der Waals surface area (Å²) in [4.78, 5) is 2.59.